The number of nitrogens with zero attached hydrogens (tertiary/aromatic N) is 3. The van der Waals surface area contributed by atoms with E-state index < -0.39 is 39.8 Å². The lowest BCUT2D eigenvalue weighted by atomic mass is 10.0. The first kappa shape index (κ1) is 26.4. The second-order valence-corrected chi connectivity index (χ2v) is 10.2. The lowest BCUT2D eigenvalue weighted by molar-refractivity contribution is -0.120. The number of benzene rings is 2. The van der Waals surface area contributed by atoms with Crippen LogP contribution in [0.25, 0.3) is 10.2 Å². The summed E-state index contributed by atoms with van der Waals surface area (Å²) in [5.41, 5.74) is 2.92. The van der Waals surface area contributed by atoms with Crippen molar-refractivity contribution in [3.63, 3.8) is 0 Å². The molecule has 13 heteroatoms. The van der Waals surface area contributed by atoms with E-state index in [2.05, 4.69) is 10.3 Å². The summed E-state index contributed by atoms with van der Waals surface area (Å²) in [6.45, 7) is 3.48. The van der Waals surface area contributed by atoms with Crippen molar-refractivity contribution in [1.82, 2.24) is 19.3 Å². The molecule has 3 aromatic rings. The van der Waals surface area contributed by atoms with E-state index >= 15 is 0 Å². The monoisotopic (exact) mass is 525 g/mol. The number of thiazole rings is 1. The van der Waals surface area contributed by atoms with Crippen molar-refractivity contribution < 1.29 is 26.8 Å². The molecule has 1 aromatic heterocycles. The van der Waals surface area contributed by atoms with E-state index in [0.29, 0.717) is 17.3 Å². The Morgan fingerprint density at radius 1 is 1.09 bits per heavy atom. The number of anilines is 1. The van der Waals surface area contributed by atoms with Gasteiger partial charge in [-0.2, -0.15) is 12.7 Å². The van der Waals surface area contributed by atoms with Gasteiger partial charge >= 0.3 is 16.2 Å². The second kappa shape index (κ2) is 11.1. The minimum absolute atomic E-state index is 0.108. The molecule has 0 aliphatic carbocycles. The molecule has 35 heavy (non-hydrogen) atoms. The summed E-state index contributed by atoms with van der Waals surface area (Å²) in [6, 6.07) is 5.46. The molecule has 188 valence electrons. The van der Waals surface area contributed by atoms with Gasteiger partial charge in [-0.1, -0.05) is 13.8 Å². The van der Waals surface area contributed by atoms with E-state index in [4.69, 9.17) is 0 Å². The Balaban J connectivity index is 1.87. The van der Waals surface area contributed by atoms with Crippen LogP contribution < -0.4 is 14.9 Å². The highest BCUT2D eigenvalue weighted by Crippen LogP contribution is 2.24. The van der Waals surface area contributed by atoms with Crippen LogP contribution in [0.1, 0.15) is 19.4 Å². The Hall–Kier alpha value is -3.16. The number of rotatable bonds is 9. The Kier molecular flexibility index (Phi) is 8.35. The molecule has 0 saturated heterocycles. The van der Waals surface area contributed by atoms with Gasteiger partial charge in [0.15, 0.2) is 0 Å². The van der Waals surface area contributed by atoms with Crippen LogP contribution in [0.2, 0.25) is 0 Å². The van der Waals surface area contributed by atoms with Crippen molar-refractivity contribution in [3.05, 3.63) is 59.1 Å². The molecule has 0 spiro atoms. The highest BCUT2D eigenvalue weighted by molar-refractivity contribution is 7.87. The first-order chi connectivity index (χ1) is 16.5. The summed E-state index contributed by atoms with van der Waals surface area (Å²) in [6.07, 6.45) is -0.282. The van der Waals surface area contributed by atoms with Crippen LogP contribution in [-0.2, 0) is 21.4 Å². The molecule has 3 amide bonds. The zero-order valence-corrected chi connectivity index (χ0v) is 20.9. The van der Waals surface area contributed by atoms with E-state index in [1.165, 1.54) is 23.3 Å². The molecule has 0 aliphatic rings. The third-order valence-electron chi connectivity index (χ3n) is 5.26. The maximum atomic E-state index is 13.7. The third kappa shape index (κ3) is 6.50. The van der Waals surface area contributed by atoms with Crippen LogP contribution in [0.4, 0.5) is 19.3 Å². The number of hydrogen-bond donors (Lipinski definition) is 2. The summed E-state index contributed by atoms with van der Waals surface area (Å²) >= 11 is 1.43. The minimum atomic E-state index is -4.15. The van der Waals surface area contributed by atoms with Gasteiger partial charge in [0, 0.05) is 38.3 Å². The molecule has 2 N–H and O–H groups in total. The molecule has 0 bridgehead atoms. The topological polar surface area (TPSA) is 112 Å². The number of halogens is 2. The number of aromatic nitrogens is 1. The van der Waals surface area contributed by atoms with Crippen LogP contribution in [0.15, 0.2) is 41.9 Å². The highest BCUT2D eigenvalue weighted by Gasteiger charge is 2.28. The van der Waals surface area contributed by atoms with Crippen LogP contribution in [0.3, 0.4) is 0 Å². The minimum Gasteiger partial charge on any atom is -0.325 e. The van der Waals surface area contributed by atoms with Gasteiger partial charge in [0.05, 0.1) is 15.7 Å². The number of likely N-dealkylation sites (N-methyl/N-ethyl adjacent to an activating group) is 1. The van der Waals surface area contributed by atoms with Crippen molar-refractivity contribution in [2.45, 2.75) is 26.3 Å². The maximum Gasteiger partial charge on any atom is 0.330 e. The number of nitrogens with one attached hydrogen (secondary N) is 2. The van der Waals surface area contributed by atoms with E-state index in [1.54, 1.807) is 37.6 Å². The number of carbonyl (C=O) groups is 2. The third-order valence-corrected chi connectivity index (χ3v) is 7.71. The van der Waals surface area contributed by atoms with Gasteiger partial charge in [0.2, 0.25) is 5.91 Å². The van der Waals surface area contributed by atoms with Gasteiger partial charge in [-0.05, 0) is 35.9 Å². The summed E-state index contributed by atoms with van der Waals surface area (Å²) in [4.78, 5) is 31.4. The summed E-state index contributed by atoms with van der Waals surface area (Å²) in [5.74, 6) is -2.32. The molecule has 0 fully saturated rings. The van der Waals surface area contributed by atoms with Crippen LogP contribution in [0, 0.1) is 11.6 Å². The quantitative estimate of drug-likeness (QED) is 0.446. The molecule has 0 unspecified atom stereocenters. The summed E-state index contributed by atoms with van der Waals surface area (Å²) < 4.78 is 56.1. The van der Waals surface area contributed by atoms with E-state index in [1.807, 2.05) is 4.72 Å². The normalized spacial score (nSPS) is 12.5. The Labute approximate surface area is 205 Å². The Morgan fingerprint density at radius 2 is 1.74 bits per heavy atom. The van der Waals surface area contributed by atoms with Gasteiger partial charge in [0.1, 0.15) is 17.7 Å². The lowest BCUT2D eigenvalue weighted by Crippen LogP contribution is -2.54. The fourth-order valence-electron chi connectivity index (χ4n) is 3.51. The fraction of sp³-hybridized carbons (Fsp3) is 0.318. The molecule has 1 atom stereocenters. The smallest absolute Gasteiger partial charge is 0.325 e. The molecule has 9 nitrogen and oxygen atoms in total. The molecule has 3 rings (SSSR count). The van der Waals surface area contributed by atoms with Crippen molar-refractivity contribution in [3.8, 4) is 0 Å². The maximum absolute atomic E-state index is 13.7. The predicted octanol–water partition coefficient (Wildman–Crippen LogP) is 3.03. The van der Waals surface area contributed by atoms with Crippen molar-refractivity contribution in [1.29, 1.82) is 0 Å². The summed E-state index contributed by atoms with van der Waals surface area (Å²) in [7, 11) is -2.68. The number of amides is 3. The lowest BCUT2D eigenvalue weighted by Gasteiger charge is -2.26. The van der Waals surface area contributed by atoms with Crippen LogP contribution >= 0.6 is 11.3 Å². The zero-order chi connectivity index (χ0) is 25.8. The first-order valence-corrected chi connectivity index (χ1v) is 13.0. The van der Waals surface area contributed by atoms with E-state index in [-0.39, 0.29) is 25.1 Å². The molecular weight excluding hydrogens is 500 g/mol. The average Bonchev–Trinajstić information content (AvgIpc) is 3.25. The van der Waals surface area contributed by atoms with Crippen molar-refractivity contribution in [2.75, 3.05) is 25.0 Å². The van der Waals surface area contributed by atoms with Gasteiger partial charge in [0.25, 0.3) is 0 Å². The molecule has 2 aromatic carbocycles. The van der Waals surface area contributed by atoms with Crippen LogP contribution in [0.5, 0.6) is 0 Å². The van der Waals surface area contributed by atoms with Gasteiger partial charge in [-0.15, -0.1) is 11.3 Å². The van der Waals surface area contributed by atoms with Crippen LogP contribution in [-0.4, -0.2) is 55.8 Å². The van der Waals surface area contributed by atoms with Gasteiger partial charge in [-0.3, -0.25) is 4.79 Å². The number of carbonyl (C=O) groups excluding carboxylic acids is 2. The zero-order valence-electron chi connectivity index (χ0n) is 19.3. The first-order valence-electron chi connectivity index (χ1n) is 10.7. The Bertz CT molecular complexity index is 1310. The SMILES string of the molecule is CCN(CC)S(=O)(=O)NC(=O)N[C@@H](Cc1cc(F)cc(F)c1)C(=O)N(C)c1ccc2scnc2c1. The largest absolute Gasteiger partial charge is 0.330 e. The summed E-state index contributed by atoms with van der Waals surface area (Å²) in [5, 5.41) is 2.34. The molecular formula is C22H25F2N5O4S2. The van der Waals surface area contributed by atoms with Crippen molar-refractivity contribution in [2.24, 2.45) is 0 Å². The second-order valence-electron chi connectivity index (χ2n) is 7.60. The fourth-order valence-corrected chi connectivity index (χ4v) is 5.27. The average molecular weight is 526 g/mol. The molecule has 0 saturated carbocycles. The highest BCUT2D eigenvalue weighted by atomic mass is 32.2. The molecule has 0 radical (unpaired) electrons. The van der Waals surface area contributed by atoms with Crippen molar-refractivity contribution >= 4 is 49.4 Å². The Morgan fingerprint density at radius 3 is 2.37 bits per heavy atom. The number of fused-ring (bicyclic) bond motifs is 1. The number of urea groups is 1. The molecule has 1 heterocycles. The van der Waals surface area contributed by atoms with E-state index in [9.17, 15) is 26.8 Å². The van der Waals surface area contributed by atoms with Gasteiger partial charge in [-0.25, -0.2) is 23.3 Å². The number of hydrogen-bond acceptors (Lipinski definition) is 6. The van der Waals surface area contributed by atoms with E-state index in [0.717, 1.165) is 21.1 Å². The predicted molar refractivity (Wildman–Crippen MR) is 130 cm³/mol. The van der Waals surface area contributed by atoms with Gasteiger partial charge < -0.3 is 10.2 Å². The standard InChI is InChI=1S/C22H25F2N5O4S2/c1-4-29(5-2)35(32,33)27-22(31)26-19(10-14-8-15(23)11-16(24)9-14)21(30)28(3)17-6-7-20-18(12-17)25-13-34-20/h6-9,11-13,19H,4-5,10H2,1-3H3,(H2,26,27,31)/t19-/m0/s1. The molecule has 0 aliphatic heterocycles.